The lowest BCUT2D eigenvalue weighted by molar-refractivity contribution is 0.0681. The van der Waals surface area contributed by atoms with Gasteiger partial charge in [0.05, 0.1) is 23.1 Å². The van der Waals surface area contributed by atoms with E-state index in [0.29, 0.717) is 22.5 Å². The largest absolute Gasteiger partial charge is 0.478 e. The van der Waals surface area contributed by atoms with E-state index in [1.165, 1.54) is 6.20 Å². The average molecular weight is 448 g/mol. The number of rotatable bonds is 5. The zero-order valence-corrected chi connectivity index (χ0v) is 18.7. The monoisotopic (exact) mass is 447 g/mol. The van der Waals surface area contributed by atoms with Crippen molar-refractivity contribution < 1.29 is 19.1 Å². The van der Waals surface area contributed by atoms with E-state index in [0.717, 1.165) is 25.7 Å². The SMILES string of the molecule is CC1CCC(C)N1C(=O)c1cccc(-c2cccc(-n3ncc(C(=O)O)c3C3CC3)c2)c1F. The molecule has 2 aliphatic rings. The van der Waals surface area contributed by atoms with E-state index in [1.54, 1.807) is 46.0 Å². The number of halogens is 1. The first-order valence-corrected chi connectivity index (χ1v) is 11.4. The third kappa shape index (κ3) is 3.71. The molecule has 2 atom stereocenters. The molecular formula is C26H26FN3O3. The molecule has 0 radical (unpaired) electrons. The van der Waals surface area contributed by atoms with Gasteiger partial charge in [0.2, 0.25) is 0 Å². The van der Waals surface area contributed by atoms with Crippen LogP contribution < -0.4 is 0 Å². The molecule has 7 heteroatoms. The number of carbonyl (C=O) groups excluding carboxylic acids is 1. The van der Waals surface area contributed by atoms with Gasteiger partial charge in [0.25, 0.3) is 5.91 Å². The Morgan fingerprint density at radius 3 is 2.36 bits per heavy atom. The molecule has 2 unspecified atom stereocenters. The van der Waals surface area contributed by atoms with Crippen LogP contribution in [0.1, 0.15) is 71.9 Å². The average Bonchev–Trinajstić information content (AvgIpc) is 3.45. The highest BCUT2D eigenvalue weighted by atomic mass is 19.1. The number of amides is 1. The van der Waals surface area contributed by atoms with Crippen LogP contribution in [0.4, 0.5) is 4.39 Å². The maximum Gasteiger partial charge on any atom is 0.339 e. The third-order valence-electron chi connectivity index (χ3n) is 6.82. The van der Waals surface area contributed by atoms with Crippen LogP contribution in [-0.2, 0) is 0 Å². The number of carboxylic acid groups (broad SMARTS) is 1. The standard InChI is InChI=1S/C26H26FN3O3/c1-15-9-10-16(2)29(15)25(31)21-8-4-7-20(23(21)27)18-5-3-6-19(13-18)30-24(17-11-12-17)22(14-28-30)26(32)33/h3-8,13-17H,9-12H2,1-2H3,(H,32,33). The van der Waals surface area contributed by atoms with E-state index in [1.807, 2.05) is 19.9 Å². The van der Waals surface area contributed by atoms with Crippen molar-refractivity contribution in [1.29, 1.82) is 0 Å². The molecule has 2 heterocycles. The Bertz CT molecular complexity index is 1240. The predicted octanol–water partition coefficient (Wildman–Crippen LogP) is 5.27. The first-order chi connectivity index (χ1) is 15.9. The van der Waals surface area contributed by atoms with Gasteiger partial charge in [-0.2, -0.15) is 5.10 Å². The number of aromatic carboxylic acids is 1. The molecule has 1 saturated heterocycles. The lowest BCUT2D eigenvalue weighted by Gasteiger charge is -2.26. The summed E-state index contributed by atoms with van der Waals surface area (Å²) in [7, 11) is 0. The molecule has 33 heavy (non-hydrogen) atoms. The number of hydrogen-bond donors (Lipinski definition) is 1. The minimum absolute atomic E-state index is 0.0735. The summed E-state index contributed by atoms with van der Waals surface area (Å²) in [6, 6.07) is 12.3. The van der Waals surface area contributed by atoms with Crippen molar-refractivity contribution in [2.45, 2.75) is 57.5 Å². The van der Waals surface area contributed by atoms with Crippen LogP contribution in [0, 0.1) is 5.82 Å². The predicted molar refractivity (Wildman–Crippen MR) is 122 cm³/mol. The van der Waals surface area contributed by atoms with E-state index in [9.17, 15) is 14.7 Å². The second-order valence-corrected chi connectivity index (χ2v) is 9.14. The van der Waals surface area contributed by atoms with Crippen molar-refractivity contribution in [3.8, 4) is 16.8 Å². The van der Waals surface area contributed by atoms with Gasteiger partial charge in [-0.1, -0.05) is 24.3 Å². The summed E-state index contributed by atoms with van der Waals surface area (Å²) in [4.78, 5) is 26.6. The number of hydrogen-bond acceptors (Lipinski definition) is 3. The molecule has 5 rings (SSSR count). The molecular weight excluding hydrogens is 421 g/mol. The zero-order chi connectivity index (χ0) is 23.3. The van der Waals surface area contributed by atoms with Crippen molar-refractivity contribution in [1.82, 2.24) is 14.7 Å². The molecule has 0 bridgehead atoms. The number of benzene rings is 2. The van der Waals surface area contributed by atoms with E-state index >= 15 is 4.39 Å². The number of aromatic nitrogens is 2. The first-order valence-electron chi connectivity index (χ1n) is 11.4. The second kappa shape index (κ2) is 8.14. The molecule has 1 aliphatic carbocycles. The van der Waals surface area contributed by atoms with E-state index in [-0.39, 0.29) is 35.0 Å². The number of nitrogens with zero attached hydrogens (tertiary/aromatic N) is 3. The Morgan fingerprint density at radius 2 is 1.70 bits per heavy atom. The van der Waals surface area contributed by atoms with Crippen LogP contribution in [0.3, 0.4) is 0 Å². The Kier molecular flexibility index (Phi) is 5.27. The molecule has 2 fully saturated rings. The maximum absolute atomic E-state index is 15.6. The molecule has 3 aromatic rings. The van der Waals surface area contributed by atoms with Gasteiger partial charge in [-0.3, -0.25) is 4.79 Å². The highest BCUT2D eigenvalue weighted by molar-refractivity contribution is 5.96. The molecule has 0 spiro atoms. The Morgan fingerprint density at radius 1 is 1.00 bits per heavy atom. The van der Waals surface area contributed by atoms with E-state index < -0.39 is 11.8 Å². The normalized spacial score (nSPS) is 20.3. The lowest BCUT2D eigenvalue weighted by Crippen LogP contribution is -2.39. The van der Waals surface area contributed by atoms with Gasteiger partial charge in [0.15, 0.2) is 0 Å². The molecule has 6 nitrogen and oxygen atoms in total. The van der Waals surface area contributed by atoms with Crippen molar-refractivity contribution in [3.63, 3.8) is 0 Å². The van der Waals surface area contributed by atoms with Crippen molar-refractivity contribution in [3.05, 3.63) is 71.3 Å². The summed E-state index contributed by atoms with van der Waals surface area (Å²) in [6.45, 7) is 4.00. The number of likely N-dealkylation sites (tertiary alicyclic amines) is 1. The number of carboxylic acids is 1. The van der Waals surface area contributed by atoms with Gasteiger partial charge in [-0.15, -0.1) is 0 Å². The van der Waals surface area contributed by atoms with E-state index in [4.69, 9.17) is 0 Å². The molecule has 1 saturated carbocycles. The fourth-order valence-corrected chi connectivity index (χ4v) is 4.94. The quantitative estimate of drug-likeness (QED) is 0.578. The van der Waals surface area contributed by atoms with Crippen molar-refractivity contribution in [2.75, 3.05) is 0 Å². The smallest absolute Gasteiger partial charge is 0.339 e. The van der Waals surface area contributed by atoms with Crippen LogP contribution in [-0.4, -0.2) is 43.7 Å². The fraction of sp³-hybridized carbons (Fsp3) is 0.346. The molecule has 2 aromatic carbocycles. The summed E-state index contributed by atoms with van der Waals surface area (Å²) in [5, 5.41) is 13.9. The Labute approximate surface area is 191 Å². The fourth-order valence-electron chi connectivity index (χ4n) is 4.94. The van der Waals surface area contributed by atoms with Crippen LogP contribution in [0.25, 0.3) is 16.8 Å². The summed E-state index contributed by atoms with van der Waals surface area (Å²) < 4.78 is 17.3. The molecule has 1 aliphatic heterocycles. The topological polar surface area (TPSA) is 75.4 Å². The van der Waals surface area contributed by atoms with Gasteiger partial charge < -0.3 is 10.0 Å². The molecule has 170 valence electrons. The van der Waals surface area contributed by atoms with Gasteiger partial charge in [0.1, 0.15) is 11.4 Å². The van der Waals surface area contributed by atoms with Crippen LogP contribution in [0.15, 0.2) is 48.7 Å². The summed E-state index contributed by atoms with van der Waals surface area (Å²) >= 11 is 0. The Hall–Kier alpha value is -3.48. The van der Waals surface area contributed by atoms with Crippen LogP contribution in [0.2, 0.25) is 0 Å². The van der Waals surface area contributed by atoms with Crippen molar-refractivity contribution in [2.24, 2.45) is 0 Å². The second-order valence-electron chi connectivity index (χ2n) is 9.14. The minimum atomic E-state index is -0.998. The highest BCUT2D eigenvalue weighted by Gasteiger charge is 2.34. The van der Waals surface area contributed by atoms with Gasteiger partial charge >= 0.3 is 5.97 Å². The maximum atomic E-state index is 15.6. The molecule has 1 aromatic heterocycles. The van der Waals surface area contributed by atoms with Crippen LogP contribution in [0.5, 0.6) is 0 Å². The van der Waals surface area contributed by atoms with E-state index in [2.05, 4.69) is 5.10 Å². The third-order valence-corrected chi connectivity index (χ3v) is 6.82. The first kappa shape index (κ1) is 21.4. The van der Waals surface area contributed by atoms with Crippen molar-refractivity contribution >= 4 is 11.9 Å². The zero-order valence-electron chi connectivity index (χ0n) is 18.7. The van der Waals surface area contributed by atoms with Gasteiger partial charge in [0, 0.05) is 23.6 Å². The minimum Gasteiger partial charge on any atom is -0.478 e. The highest BCUT2D eigenvalue weighted by Crippen LogP contribution is 2.42. The summed E-state index contributed by atoms with van der Waals surface area (Å²) in [5.41, 5.74) is 2.57. The molecule has 1 amide bonds. The van der Waals surface area contributed by atoms with Crippen LogP contribution >= 0.6 is 0 Å². The van der Waals surface area contributed by atoms with Gasteiger partial charge in [-0.25, -0.2) is 13.9 Å². The Balaban J connectivity index is 1.54. The summed E-state index contributed by atoms with van der Waals surface area (Å²) in [5.74, 6) is -1.65. The van der Waals surface area contributed by atoms with Gasteiger partial charge in [-0.05, 0) is 63.3 Å². The lowest BCUT2D eigenvalue weighted by atomic mass is 10.0. The summed E-state index contributed by atoms with van der Waals surface area (Å²) in [6.07, 6.45) is 5.07. The molecule has 1 N–H and O–H groups in total. The number of carbonyl (C=O) groups is 2.